The first-order valence-electron chi connectivity index (χ1n) is 7.19. The second kappa shape index (κ2) is 8.41. The highest BCUT2D eigenvalue weighted by molar-refractivity contribution is 6.31. The van der Waals surface area contributed by atoms with E-state index in [9.17, 15) is 9.90 Å². The molecule has 122 valence electrons. The number of hydrogen-bond donors (Lipinski definition) is 3. The van der Waals surface area contributed by atoms with Crippen LogP contribution in [0.15, 0.2) is 48.5 Å². The number of anilines is 1. The molecule has 0 spiro atoms. The molecule has 0 radical (unpaired) electrons. The Morgan fingerprint density at radius 3 is 2.70 bits per heavy atom. The van der Waals surface area contributed by atoms with Gasteiger partial charge in [0, 0.05) is 18.0 Å². The van der Waals surface area contributed by atoms with Gasteiger partial charge >= 0.3 is 6.03 Å². The molecule has 3 N–H and O–H groups in total. The quantitative estimate of drug-likeness (QED) is 0.760. The molecule has 2 rings (SSSR count). The molecule has 0 aliphatic heterocycles. The van der Waals surface area contributed by atoms with E-state index in [1.54, 1.807) is 18.2 Å². The number of carbonyl (C=O) groups excluding carboxylic acids is 1. The van der Waals surface area contributed by atoms with Gasteiger partial charge in [-0.05, 0) is 23.8 Å². The monoisotopic (exact) mass is 334 g/mol. The highest BCUT2D eigenvalue weighted by atomic mass is 35.5. The highest BCUT2D eigenvalue weighted by Gasteiger charge is 2.10. The fourth-order valence-electron chi connectivity index (χ4n) is 2.11. The molecule has 1 unspecified atom stereocenters. The number of nitrogens with one attached hydrogen (secondary N) is 2. The van der Waals surface area contributed by atoms with Gasteiger partial charge in [-0.2, -0.15) is 0 Å². The van der Waals surface area contributed by atoms with Gasteiger partial charge in [-0.3, -0.25) is 0 Å². The summed E-state index contributed by atoms with van der Waals surface area (Å²) >= 11 is 5.91. The van der Waals surface area contributed by atoms with E-state index in [-0.39, 0.29) is 6.54 Å². The molecule has 0 heterocycles. The minimum Gasteiger partial charge on any atom is -0.495 e. The van der Waals surface area contributed by atoms with Crippen LogP contribution >= 0.6 is 11.6 Å². The summed E-state index contributed by atoms with van der Waals surface area (Å²) in [7, 11) is 1.51. The summed E-state index contributed by atoms with van der Waals surface area (Å²) in [6.45, 7) is 0.142. The number of carbonyl (C=O) groups is 1. The third kappa shape index (κ3) is 5.47. The van der Waals surface area contributed by atoms with E-state index in [0.29, 0.717) is 22.9 Å². The number of hydrogen-bond acceptors (Lipinski definition) is 3. The Morgan fingerprint density at radius 2 is 2.00 bits per heavy atom. The van der Waals surface area contributed by atoms with Crippen LogP contribution < -0.4 is 15.4 Å². The smallest absolute Gasteiger partial charge is 0.319 e. The molecular weight excluding hydrogens is 316 g/mol. The lowest BCUT2D eigenvalue weighted by Crippen LogP contribution is -2.36. The Balaban J connectivity index is 1.84. The second-order valence-corrected chi connectivity index (χ2v) is 5.46. The first kappa shape index (κ1) is 17.1. The SMILES string of the molecule is COc1ccc(Cl)cc1NC(=O)NCC(O)Cc1ccccc1. The zero-order valence-corrected chi connectivity index (χ0v) is 13.5. The number of ether oxygens (including phenoxy) is 1. The molecule has 6 heteroatoms. The van der Waals surface area contributed by atoms with E-state index in [4.69, 9.17) is 16.3 Å². The van der Waals surface area contributed by atoms with Crippen molar-refractivity contribution in [1.29, 1.82) is 0 Å². The van der Waals surface area contributed by atoms with Crippen molar-refractivity contribution in [1.82, 2.24) is 5.32 Å². The Bertz CT molecular complexity index is 650. The van der Waals surface area contributed by atoms with Crippen LogP contribution in [0.25, 0.3) is 0 Å². The van der Waals surface area contributed by atoms with E-state index in [1.165, 1.54) is 7.11 Å². The van der Waals surface area contributed by atoms with Gasteiger partial charge in [0.25, 0.3) is 0 Å². The van der Waals surface area contributed by atoms with Crippen LogP contribution in [-0.4, -0.2) is 30.9 Å². The minimum atomic E-state index is -0.663. The van der Waals surface area contributed by atoms with Gasteiger partial charge in [-0.15, -0.1) is 0 Å². The number of urea groups is 1. The maximum Gasteiger partial charge on any atom is 0.319 e. The highest BCUT2D eigenvalue weighted by Crippen LogP contribution is 2.27. The lowest BCUT2D eigenvalue weighted by molar-refractivity contribution is 0.172. The molecule has 2 aromatic carbocycles. The molecule has 0 saturated heterocycles. The van der Waals surface area contributed by atoms with Crippen molar-refractivity contribution in [3.63, 3.8) is 0 Å². The van der Waals surface area contributed by atoms with Crippen molar-refractivity contribution in [3.05, 3.63) is 59.1 Å². The maximum atomic E-state index is 11.9. The van der Waals surface area contributed by atoms with Gasteiger partial charge in [-0.25, -0.2) is 4.79 Å². The third-order valence-corrected chi connectivity index (χ3v) is 3.46. The van der Waals surface area contributed by atoms with Gasteiger partial charge in [0.05, 0.1) is 18.9 Å². The molecule has 1 atom stereocenters. The number of amides is 2. The molecule has 0 aliphatic rings. The second-order valence-electron chi connectivity index (χ2n) is 5.02. The van der Waals surface area contributed by atoms with E-state index >= 15 is 0 Å². The van der Waals surface area contributed by atoms with E-state index in [1.807, 2.05) is 30.3 Å². The molecule has 0 fully saturated rings. The van der Waals surface area contributed by atoms with Gasteiger partial charge < -0.3 is 20.5 Å². The predicted molar refractivity (Wildman–Crippen MR) is 91.2 cm³/mol. The summed E-state index contributed by atoms with van der Waals surface area (Å²) < 4.78 is 5.16. The van der Waals surface area contributed by atoms with Crippen molar-refractivity contribution in [2.45, 2.75) is 12.5 Å². The van der Waals surface area contributed by atoms with Crippen molar-refractivity contribution < 1.29 is 14.6 Å². The fourth-order valence-corrected chi connectivity index (χ4v) is 2.29. The zero-order valence-electron chi connectivity index (χ0n) is 12.8. The number of rotatable bonds is 6. The summed E-state index contributed by atoms with van der Waals surface area (Å²) in [4.78, 5) is 11.9. The van der Waals surface area contributed by atoms with Crippen LogP contribution in [0.1, 0.15) is 5.56 Å². The zero-order chi connectivity index (χ0) is 16.7. The minimum absolute atomic E-state index is 0.142. The topological polar surface area (TPSA) is 70.6 Å². The number of aliphatic hydroxyl groups excluding tert-OH is 1. The molecule has 2 aromatic rings. The molecular formula is C17H19ClN2O3. The van der Waals surface area contributed by atoms with Crippen molar-refractivity contribution in [2.24, 2.45) is 0 Å². The van der Waals surface area contributed by atoms with E-state index in [2.05, 4.69) is 10.6 Å². The molecule has 23 heavy (non-hydrogen) atoms. The summed E-state index contributed by atoms with van der Waals surface area (Å²) in [5, 5.41) is 15.7. The molecule has 0 aliphatic carbocycles. The number of halogens is 1. The van der Waals surface area contributed by atoms with Crippen LogP contribution in [0.2, 0.25) is 5.02 Å². The lowest BCUT2D eigenvalue weighted by atomic mass is 10.1. The van der Waals surface area contributed by atoms with Gasteiger partial charge in [-0.1, -0.05) is 41.9 Å². The van der Waals surface area contributed by atoms with Gasteiger partial charge in [0.2, 0.25) is 0 Å². The van der Waals surface area contributed by atoms with E-state index in [0.717, 1.165) is 5.56 Å². The van der Waals surface area contributed by atoms with Crippen molar-refractivity contribution >= 4 is 23.3 Å². The summed E-state index contributed by atoms with van der Waals surface area (Å²) in [6.07, 6.45) is -0.189. The molecule has 2 amide bonds. The molecule has 0 bridgehead atoms. The number of benzene rings is 2. The summed E-state index contributed by atoms with van der Waals surface area (Å²) in [5.74, 6) is 0.509. The number of methoxy groups -OCH3 is 1. The van der Waals surface area contributed by atoms with Gasteiger partial charge in [0.15, 0.2) is 0 Å². The Morgan fingerprint density at radius 1 is 1.26 bits per heavy atom. The molecule has 5 nitrogen and oxygen atoms in total. The summed E-state index contributed by atoms with van der Waals surface area (Å²) in [5.41, 5.74) is 1.48. The van der Waals surface area contributed by atoms with Crippen LogP contribution in [0.5, 0.6) is 5.75 Å². The van der Waals surface area contributed by atoms with Crippen LogP contribution in [-0.2, 0) is 6.42 Å². The standard InChI is InChI=1S/C17H19ClN2O3/c1-23-16-8-7-13(18)10-15(16)20-17(22)19-11-14(21)9-12-5-3-2-4-6-12/h2-8,10,14,21H,9,11H2,1H3,(H2,19,20,22). The Hall–Kier alpha value is -2.24. The van der Waals surface area contributed by atoms with Crippen LogP contribution in [0.3, 0.4) is 0 Å². The largest absolute Gasteiger partial charge is 0.495 e. The lowest BCUT2D eigenvalue weighted by Gasteiger charge is -2.14. The average Bonchev–Trinajstić information content (AvgIpc) is 2.54. The Kier molecular flexibility index (Phi) is 6.26. The number of aliphatic hydroxyl groups is 1. The van der Waals surface area contributed by atoms with Crippen LogP contribution in [0.4, 0.5) is 10.5 Å². The summed E-state index contributed by atoms with van der Waals surface area (Å²) in [6, 6.07) is 14.1. The third-order valence-electron chi connectivity index (χ3n) is 3.22. The van der Waals surface area contributed by atoms with Crippen molar-refractivity contribution in [2.75, 3.05) is 19.0 Å². The first-order chi connectivity index (χ1) is 11.1. The van der Waals surface area contributed by atoms with Crippen LogP contribution in [0, 0.1) is 0 Å². The predicted octanol–water partition coefficient (Wildman–Crippen LogP) is 3.07. The maximum absolute atomic E-state index is 11.9. The Labute approximate surface area is 140 Å². The van der Waals surface area contributed by atoms with E-state index < -0.39 is 12.1 Å². The molecule has 0 aromatic heterocycles. The fraction of sp³-hybridized carbons (Fsp3) is 0.235. The van der Waals surface area contributed by atoms with Crippen molar-refractivity contribution in [3.8, 4) is 5.75 Å². The average molecular weight is 335 g/mol. The molecule has 0 saturated carbocycles. The van der Waals surface area contributed by atoms with Gasteiger partial charge in [0.1, 0.15) is 5.75 Å². The first-order valence-corrected chi connectivity index (χ1v) is 7.56. The normalized spacial score (nSPS) is 11.6.